The van der Waals surface area contributed by atoms with Crippen molar-refractivity contribution in [2.24, 2.45) is 5.92 Å². The van der Waals surface area contributed by atoms with Gasteiger partial charge in [-0.1, -0.05) is 6.58 Å². The van der Waals surface area contributed by atoms with E-state index < -0.39 is 23.7 Å². The summed E-state index contributed by atoms with van der Waals surface area (Å²) in [6.45, 7) is 7.60. The maximum absolute atomic E-state index is 13.7. The van der Waals surface area contributed by atoms with Crippen molar-refractivity contribution in [1.29, 1.82) is 0 Å². The molecule has 2 unspecified atom stereocenters. The van der Waals surface area contributed by atoms with E-state index >= 15 is 0 Å². The van der Waals surface area contributed by atoms with Gasteiger partial charge in [0.2, 0.25) is 0 Å². The first-order valence-corrected chi connectivity index (χ1v) is 9.64. The number of halogens is 2. The Labute approximate surface area is 172 Å². The van der Waals surface area contributed by atoms with E-state index in [9.17, 15) is 18.4 Å². The number of fused-ring (bicyclic) bond motifs is 3. The van der Waals surface area contributed by atoms with Crippen LogP contribution in [0, 0.1) is 31.4 Å². The van der Waals surface area contributed by atoms with Gasteiger partial charge in [-0.15, -0.1) is 0 Å². The second-order valence-electron chi connectivity index (χ2n) is 7.63. The molecule has 1 aliphatic heterocycles. The molecule has 0 bridgehead atoms. The zero-order chi connectivity index (χ0) is 21.6. The number of hydrogen-bond donors (Lipinski definition) is 0. The minimum atomic E-state index is -0.769. The molecule has 1 heterocycles. The summed E-state index contributed by atoms with van der Waals surface area (Å²) in [5.41, 5.74) is 4.19. The van der Waals surface area contributed by atoms with Gasteiger partial charge in [0.15, 0.2) is 0 Å². The van der Waals surface area contributed by atoms with E-state index in [2.05, 4.69) is 6.58 Å². The Hall–Kier alpha value is -3.28. The molecule has 30 heavy (non-hydrogen) atoms. The van der Waals surface area contributed by atoms with Crippen molar-refractivity contribution in [3.8, 4) is 5.75 Å². The highest BCUT2D eigenvalue weighted by atomic mass is 19.1. The molecule has 1 fully saturated rings. The third-order valence-corrected chi connectivity index (χ3v) is 5.79. The van der Waals surface area contributed by atoms with Crippen molar-refractivity contribution in [3.05, 3.63) is 81.9 Å². The minimum Gasteiger partial charge on any atom is -0.453 e. The van der Waals surface area contributed by atoms with Crippen LogP contribution < -0.4 is 4.74 Å². The molecule has 2 aromatic rings. The lowest BCUT2D eigenvalue weighted by atomic mass is 9.76. The summed E-state index contributed by atoms with van der Waals surface area (Å²) in [5, 5.41) is 0. The average Bonchev–Trinajstić information content (AvgIpc) is 2.99. The lowest BCUT2D eigenvalue weighted by Crippen LogP contribution is -2.21. The molecule has 154 valence electrons. The van der Waals surface area contributed by atoms with Crippen LogP contribution in [0.3, 0.4) is 0 Å². The lowest BCUT2D eigenvalue weighted by Gasteiger charge is -2.30. The van der Waals surface area contributed by atoms with Crippen molar-refractivity contribution in [1.82, 2.24) is 0 Å². The molecule has 1 saturated heterocycles. The second kappa shape index (κ2) is 7.52. The van der Waals surface area contributed by atoms with Crippen LogP contribution in [0.5, 0.6) is 5.75 Å². The van der Waals surface area contributed by atoms with Crippen LogP contribution >= 0.6 is 0 Å². The summed E-state index contributed by atoms with van der Waals surface area (Å²) >= 11 is 0. The molecule has 4 nitrogen and oxygen atoms in total. The SMILES string of the molecule is C=C1C(=O)OC2c3c(C)c(OC(=O)C=Cc4ccc(F)cc4F)cc(C)c3CCC12. The summed E-state index contributed by atoms with van der Waals surface area (Å²) in [5.74, 6) is -2.26. The maximum atomic E-state index is 13.7. The highest BCUT2D eigenvalue weighted by Gasteiger charge is 2.44. The third-order valence-electron chi connectivity index (χ3n) is 5.79. The van der Waals surface area contributed by atoms with E-state index in [0.29, 0.717) is 11.3 Å². The molecular formula is C24H20F2O4. The fourth-order valence-electron chi connectivity index (χ4n) is 4.22. The van der Waals surface area contributed by atoms with E-state index in [1.807, 2.05) is 13.8 Å². The Balaban J connectivity index is 1.61. The van der Waals surface area contributed by atoms with E-state index in [1.165, 1.54) is 12.1 Å². The Morgan fingerprint density at radius 1 is 1.27 bits per heavy atom. The van der Waals surface area contributed by atoms with E-state index in [4.69, 9.17) is 9.47 Å². The second-order valence-corrected chi connectivity index (χ2v) is 7.63. The summed E-state index contributed by atoms with van der Waals surface area (Å²) in [6.07, 6.45) is 3.47. The van der Waals surface area contributed by atoms with Gasteiger partial charge in [0.1, 0.15) is 23.5 Å². The number of rotatable bonds is 3. The monoisotopic (exact) mass is 410 g/mol. The number of carbonyl (C=O) groups excluding carboxylic acids is 2. The maximum Gasteiger partial charge on any atom is 0.336 e. The first kappa shape index (κ1) is 20.0. The summed E-state index contributed by atoms with van der Waals surface area (Å²) in [4.78, 5) is 24.3. The summed E-state index contributed by atoms with van der Waals surface area (Å²) < 4.78 is 37.8. The van der Waals surface area contributed by atoms with Crippen molar-refractivity contribution in [3.63, 3.8) is 0 Å². The Morgan fingerprint density at radius 2 is 2.03 bits per heavy atom. The van der Waals surface area contributed by atoms with Gasteiger partial charge in [-0.05, 0) is 67.7 Å². The molecule has 2 aromatic carbocycles. The molecule has 1 aliphatic carbocycles. The van der Waals surface area contributed by atoms with Crippen molar-refractivity contribution >= 4 is 18.0 Å². The number of aryl methyl sites for hydroxylation is 1. The molecule has 0 amide bonds. The molecule has 0 N–H and O–H groups in total. The van der Waals surface area contributed by atoms with E-state index in [1.54, 1.807) is 6.07 Å². The third kappa shape index (κ3) is 3.43. The Bertz CT molecular complexity index is 1120. The van der Waals surface area contributed by atoms with Gasteiger partial charge >= 0.3 is 11.9 Å². The quantitative estimate of drug-likeness (QED) is 0.410. The summed E-state index contributed by atoms with van der Waals surface area (Å²) in [7, 11) is 0. The summed E-state index contributed by atoms with van der Waals surface area (Å²) in [6, 6.07) is 4.88. The van der Waals surface area contributed by atoms with Gasteiger partial charge in [0.25, 0.3) is 0 Å². The smallest absolute Gasteiger partial charge is 0.336 e. The van der Waals surface area contributed by atoms with Crippen LogP contribution in [0.15, 0.2) is 42.5 Å². The van der Waals surface area contributed by atoms with Crippen LogP contribution in [0.1, 0.15) is 40.3 Å². The van der Waals surface area contributed by atoms with Crippen molar-refractivity contribution in [2.45, 2.75) is 32.8 Å². The number of carbonyl (C=O) groups is 2. The number of esters is 2. The highest BCUT2D eigenvalue weighted by Crippen LogP contribution is 2.49. The minimum absolute atomic E-state index is 0.0737. The van der Waals surface area contributed by atoms with E-state index in [-0.39, 0.29) is 17.5 Å². The molecule has 2 atom stereocenters. The van der Waals surface area contributed by atoms with Crippen LogP contribution in [-0.4, -0.2) is 11.9 Å². The number of benzene rings is 2. The zero-order valence-corrected chi connectivity index (χ0v) is 16.6. The highest BCUT2D eigenvalue weighted by molar-refractivity contribution is 5.91. The van der Waals surface area contributed by atoms with Crippen LogP contribution in [0.4, 0.5) is 8.78 Å². The topological polar surface area (TPSA) is 52.6 Å². The van der Waals surface area contributed by atoms with Crippen molar-refractivity contribution < 1.29 is 27.8 Å². The van der Waals surface area contributed by atoms with Gasteiger partial charge < -0.3 is 9.47 Å². The fourth-order valence-corrected chi connectivity index (χ4v) is 4.22. The Morgan fingerprint density at radius 3 is 2.77 bits per heavy atom. The largest absolute Gasteiger partial charge is 0.453 e. The fraction of sp³-hybridized carbons (Fsp3) is 0.250. The Kier molecular flexibility index (Phi) is 5.02. The number of hydrogen-bond acceptors (Lipinski definition) is 4. The first-order valence-electron chi connectivity index (χ1n) is 9.64. The van der Waals surface area contributed by atoms with Gasteiger partial charge in [-0.2, -0.15) is 0 Å². The predicted molar refractivity (Wildman–Crippen MR) is 107 cm³/mol. The van der Waals surface area contributed by atoms with Crippen molar-refractivity contribution in [2.75, 3.05) is 0 Å². The molecule has 0 saturated carbocycles. The molecule has 0 radical (unpaired) electrons. The normalized spacial score (nSPS) is 20.1. The standard InChI is InChI=1S/C24H20F2O4/c1-12-10-20(29-21(27)9-5-15-4-6-16(25)11-19(15)26)14(3)22-17(12)7-8-18-13(2)24(28)30-23(18)22/h4-6,9-11,18,23H,2,7-8H2,1,3H3. The first-order chi connectivity index (χ1) is 14.3. The van der Waals surface area contributed by atoms with Crippen LogP contribution in [0.25, 0.3) is 6.08 Å². The van der Waals surface area contributed by atoms with Gasteiger partial charge in [0.05, 0.1) is 0 Å². The van der Waals surface area contributed by atoms with Gasteiger partial charge in [-0.25, -0.2) is 18.4 Å². The van der Waals surface area contributed by atoms with Crippen LogP contribution in [0.2, 0.25) is 0 Å². The van der Waals surface area contributed by atoms with Crippen LogP contribution in [-0.2, 0) is 20.7 Å². The number of ether oxygens (including phenoxy) is 2. The molecule has 2 aliphatic rings. The molecule has 0 aromatic heterocycles. The average molecular weight is 410 g/mol. The molecular weight excluding hydrogens is 390 g/mol. The predicted octanol–water partition coefficient (Wildman–Crippen LogP) is 4.92. The van der Waals surface area contributed by atoms with Gasteiger partial charge in [0, 0.05) is 34.8 Å². The van der Waals surface area contributed by atoms with E-state index in [0.717, 1.165) is 53.3 Å². The zero-order valence-electron chi connectivity index (χ0n) is 16.6. The van der Waals surface area contributed by atoms with Gasteiger partial charge in [-0.3, -0.25) is 0 Å². The molecule has 0 spiro atoms. The molecule has 4 rings (SSSR count). The molecule has 6 heteroatoms. The lowest BCUT2D eigenvalue weighted by molar-refractivity contribution is -0.139.